The van der Waals surface area contributed by atoms with E-state index in [0.29, 0.717) is 22.0 Å². The highest BCUT2D eigenvalue weighted by Gasteiger charge is 2.24. The Hall–Kier alpha value is -1.03. The van der Waals surface area contributed by atoms with Gasteiger partial charge in [-0.15, -0.1) is 11.3 Å². The Morgan fingerprint density at radius 2 is 2.15 bits per heavy atom. The Labute approximate surface area is 125 Å². The summed E-state index contributed by atoms with van der Waals surface area (Å²) in [5.74, 6) is 0. The molecule has 0 saturated heterocycles. The average Bonchev–Trinajstić information content (AvgIpc) is 2.95. The number of aromatic amines is 1. The molecular formula is C11H15N3O3S3. The largest absolute Gasteiger partial charge is 0.315 e. The first-order chi connectivity index (χ1) is 9.33. The van der Waals surface area contributed by atoms with Gasteiger partial charge in [-0.1, -0.05) is 18.3 Å². The predicted molar refractivity (Wildman–Crippen MR) is 79.9 cm³/mol. The minimum Gasteiger partial charge on any atom is -0.315 e. The first-order valence-electron chi connectivity index (χ1n) is 6.00. The van der Waals surface area contributed by atoms with Gasteiger partial charge in [-0.25, -0.2) is 18.1 Å². The summed E-state index contributed by atoms with van der Waals surface area (Å²) in [6.45, 7) is 5.32. The maximum absolute atomic E-state index is 12.2. The second kappa shape index (κ2) is 5.76. The molecule has 0 radical (unpaired) electrons. The second-order valence-corrected chi connectivity index (χ2v) is 8.33. The van der Waals surface area contributed by atoms with Crippen molar-refractivity contribution in [3.05, 3.63) is 31.4 Å². The van der Waals surface area contributed by atoms with Crippen molar-refractivity contribution < 1.29 is 8.42 Å². The lowest BCUT2D eigenvalue weighted by molar-refractivity contribution is 0.567. The molecule has 2 aromatic rings. The van der Waals surface area contributed by atoms with Crippen molar-refractivity contribution in [1.82, 2.24) is 14.7 Å². The Bertz CT molecular complexity index is 757. The Kier molecular flexibility index (Phi) is 4.43. The van der Waals surface area contributed by atoms with Crippen LogP contribution in [0.1, 0.15) is 35.5 Å². The van der Waals surface area contributed by atoms with E-state index in [4.69, 9.17) is 0 Å². The van der Waals surface area contributed by atoms with Gasteiger partial charge in [-0.3, -0.25) is 4.79 Å². The number of H-pyrrole nitrogens is 1. The fourth-order valence-electron chi connectivity index (χ4n) is 1.67. The molecule has 0 bridgehead atoms. The van der Waals surface area contributed by atoms with Crippen LogP contribution in [0.15, 0.2) is 15.2 Å². The zero-order valence-corrected chi connectivity index (χ0v) is 13.7. The lowest BCUT2D eigenvalue weighted by atomic mass is 10.4. The van der Waals surface area contributed by atoms with Gasteiger partial charge in [0.2, 0.25) is 0 Å². The maximum Gasteiger partial charge on any atom is 0.305 e. The highest BCUT2D eigenvalue weighted by atomic mass is 32.2. The summed E-state index contributed by atoms with van der Waals surface area (Å²) in [6, 6.07) is -0.429. The zero-order chi connectivity index (χ0) is 14.9. The summed E-state index contributed by atoms with van der Waals surface area (Å²) < 4.78 is 27.1. The second-order valence-electron chi connectivity index (χ2n) is 4.29. The van der Waals surface area contributed by atoms with Gasteiger partial charge in [-0.2, -0.15) is 0 Å². The lowest BCUT2D eigenvalue weighted by Crippen LogP contribution is -2.26. The molecular weight excluding hydrogens is 318 g/mol. The van der Waals surface area contributed by atoms with E-state index < -0.39 is 16.1 Å². The molecule has 20 heavy (non-hydrogen) atoms. The number of rotatable bonds is 5. The summed E-state index contributed by atoms with van der Waals surface area (Å²) in [7, 11) is -3.71. The number of aromatic nitrogens is 2. The van der Waals surface area contributed by atoms with Crippen molar-refractivity contribution in [3.8, 4) is 0 Å². The number of nitrogens with zero attached hydrogens (tertiary/aromatic N) is 1. The fraction of sp³-hybridized carbons (Fsp3) is 0.455. The van der Waals surface area contributed by atoms with Crippen LogP contribution in [-0.2, 0) is 16.4 Å². The number of nitrogens with one attached hydrogen (secondary N) is 2. The summed E-state index contributed by atoms with van der Waals surface area (Å²) in [5.41, 5.74) is 0.355. The van der Waals surface area contributed by atoms with Crippen LogP contribution in [0.5, 0.6) is 0 Å². The molecule has 2 N–H and O–H groups in total. The van der Waals surface area contributed by atoms with Crippen LogP contribution < -0.4 is 9.60 Å². The van der Waals surface area contributed by atoms with Crippen molar-refractivity contribution in [3.63, 3.8) is 0 Å². The summed E-state index contributed by atoms with van der Waals surface area (Å²) in [5, 5.41) is 0.714. The number of sulfonamides is 1. The number of hydrogen-bond acceptors (Lipinski definition) is 6. The molecule has 2 aromatic heterocycles. The molecule has 9 heteroatoms. The van der Waals surface area contributed by atoms with Crippen molar-refractivity contribution in [1.29, 1.82) is 0 Å². The minimum atomic E-state index is -3.71. The molecule has 0 amide bonds. The van der Waals surface area contributed by atoms with Gasteiger partial charge in [0, 0.05) is 16.8 Å². The Morgan fingerprint density at radius 1 is 1.45 bits per heavy atom. The molecule has 0 aliphatic rings. The quantitative estimate of drug-likeness (QED) is 0.873. The zero-order valence-electron chi connectivity index (χ0n) is 11.3. The predicted octanol–water partition coefficient (Wildman–Crippen LogP) is 1.80. The van der Waals surface area contributed by atoms with Crippen LogP contribution in [0.25, 0.3) is 0 Å². The molecule has 0 aliphatic carbocycles. The van der Waals surface area contributed by atoms with Crippen LogP contribution in [0.3, 0.4) is 0 Å². The van der Waals surface area contributed by atoms with Crippen LogP contribution in [0.2, 0.25) is 0 Å². The molecule has 0 aliphatic heterocycles. The van der Waals surface area contributed by atoms with E-state index >= 15 is 0 Å². The molecule has 1 unspecified atom stereocenters. The van der Waals surface area contributed by atoms with Gasteiger partial charge in [0.15, 0.2) is 4.21 Å². The number of thiazole rings is 2. The first-order valence-corrected chi connectivity index (χ1v) is 9.11. The SMILES string of the molecule is CCc1cnc(C(C)NS(=O)(=O)c2sc(=O)[nH]c2C)s1. The van der Waals surface area contributed by atoms with Gasteiger partial charge in [0.25, 0.3) is 10.0 Å². The molecule has 0 fully saturated rings. The molecule has 1 atom stereocenters. The van der Waals surface area contributed by atoms with E-state index in [2.05, 4.69) is 14.7 Å². The summed E-state index contributed by atoms with van der Waals surface area (Å²) in [4.78, 5) is 18.6. The molecule has 6 nitrogen and oxygen atoms in total. The molecule has 0 saturated carbocycles. The van der Waals surface area contributed by atoms with Gasteiger partial charge < -0.3 is 4.98 Å². The molecule has 0 spiro atoms. The molecule has 110 valence electrons. The molecule has 2 heterocycles. The third kappa shape index (κ3) is 3.17. The van der Waals surface area contributed by atoms with Crippen molar-refractivity contribution in [2.24, 2.45) is 0 Å². The Morgan fingerprint density at radius 3 is 2.65 bits per heavy atom. The fourth-order valence-corrected chi connectivity index (χ4v) is 5.13. The van der Waals surface area contributed by atoms with Gasteiger partial charge in [-0.05, 0) is 20.3 Å². The van der Waals surface area contributed by atoms with E-state index in [0.717, 1.165) is 11.3 Å². The van der Waals surface area contributed by atoms with Crippen LogP contribution in [0.4, 0.5) is 0 Å². The topological polar surface area (TPSA) is 91.9 Å². The lowest BCUT2D eigenvalue weighted by Gasteiger charge is -2.10. The van der Waals surface area contributed by atoms with E-state index in [1.165, 1.54) is 11.3 Å². The average molecular weight is 333 g/mol. The summed E-state index contributed by atoms with van der Waals surface area (Å²) in [6.07, 6.45) is 2.63. The molecule has 0 aromatic carbocycles. The maximum atomic E-state index is 12.2. The normalized spacial score (nSPS) is 13.6. The van der Waals surface area contributed by atoms with Crippen molar-refractivity contribution >= 4 is 32.7 Å². The Balaban J connectivity index is 2.24. The van der Waals surface area contributed by atoms with Crippen LogP contribution in [-0.4, -0.2) is 18.4 Å². The number of hydrogen-bond donors (Lipinski definition) is 2. The third-order valence-electron chi connectivity index (χ3n) is 2.65. The smallest absolute Gasteiger partial charge is 0.305 e. The van der Waals surface area contributed by atoms with E-state index in [1.807, 2.05) is 6.92 Å². The number of aryl methyl sites for hydroxylation is 2. The first kappa shape index (κ1) is 15.4. The van der Waals surface area contributed by atoms with Gasteiger partial charge >= 0.3 is 4.87 Å². The van der Waals surface area contributed by atoms with Gasteiger partial charge in [0.05, 0.1) is 6.04 Å². The highest BCUT2D eigenvalue weighted by Crippen LogP contribution is 2.23. The monoisotopic (exact) mass is 333 g/mol. The highest BCUT2D eigenvalue weighted by molar-refractivity contribution is 7.91. The van der Waals surface area contributed by atoms with Crippen LogP contribution in [0, 0.1) is 6.92 Å². The van der Waals surface area contributed by atoms with Crippen molar-refractivity contribution in [2.45, 2.75) is 37.4 Å². The summed E-state index contributed by atoms with van der Waals surface area (Å²) >= 11 is 2.17. The molecule has 2 rings (SSSR count). The third-order valence-corrected chi connectivity index (χ3v) is 7.12. The van der Waals surface area contributed by atoms with E-state index in [9.17, 15) is 13.2 Å². The van der Waals surface area contributed by atoms with Gasteiger partial charge in [0.1, 0.15) is 5.01 Å². The minimum absolute atomic E-state index is 0.0293. The van der Waals surface area contributed by atoms with Crippen LogP contribution >= 0.6 is 22.7 Å². The van der Waals surface area contributed by atoms with Crippen molar-refractivity contribution in [2.75, 3.05) is 0 Å². The standard InChI is InChI=1S/C11H15N3O3S3/c1-4-8-5-12-9(18-8)6(2)14-20(16,17)10-7(3)13-11(15)19-10/h5-6,14H,4H2,1-3H3,(H,13,15). The van der Waals surface area contributed by atoms with E-state index in [-0.39, 0.29) is 9.08 Å². The van der Waals surface area contributed by atoms with E-state index in [1.54, 1.807) is 20.0 Å².